The van der Waals surface area contributed by atoms with Gasteiger partial charge in [-0.3, -0.25) is 0 Å². The van der Waals surface area contributed by atoms with E-state index in [1.165, 1.54) is 44.9 Å². The third-order valence-electron chi connectivity index (χ3n) is 2.65. The number of carboxylic acids is 2. The smallest absolute Gasteiger partial charge is 0.550 e. The quantitative estimate of drug-likeness (QED) is 0.326. The second-order valence-electron chi connectivity index (χ2n) is 4.47. The van der Waals surface area contributed by atoms with Gasteiger partial charge >= 0.3 is 23.1 Å². The monoisotopic (exact) mass is 294 g/mol. The van der Waals surface area contributed by atoms with Gasteiger partial charge in [-0.05, 0) is 18.9 Å². The number of aliphatic carboxylic acids is 2. The average Bonchev–Trinajstić information content (AvgIpc) is 2.37. The van der Waals surface area contributed by atoms with Crippen molar-refractivity contribution in [2.75, 3.05) is 0 Å². The Kier molecular flexibility index (Phi) is 25.4. The number of carbonyl (C=O) groups excluding carboxylic acids is 2. The van der Waals surface area contributed by atoms with Gasteiger partial charge in [0.2, 0.25) is 0 Å². The van der Waals surface area contributed by atoms with Gasteiger partial charge in [-0.1, -0.05) is 64.9 Å². The van der Waals surface area contributed by atoms with Crippen LogP contribution in [0.4, 0.5) is 0 Å². The molecule has 112 valence electrons. The van der Waals surface area contributed by atoms with Crippen molar-refractivity contribution < 1.29 is 19.8 Å². The second-order valence-corrected chi connectivity index (χ2v) is 4.47. The van der Waals surface area contributed by atoms with Crippen LogP contribution in [-0.2, 0) is 9.59 Å². The van der Waals surface area contributed by atoms with Crippen molar-refractivity contribution in [1.82, 2.24) is 0 Å². The minimum Gasteiger partial charge on any atom is -0.550 e. The summed E-state index contributed by atoms with van der Waals surface area (Å²) in [6.07, 6.45) is 11.9. The largest absolute Gasteiger partial charge is 2.00 e. The molecule has 0 rings (SSSR count). The number of carboxylic acid groups (broad SMARTS) is 2. The van der Waals surface area contributed by atoms with Crippen LogP contribution in [0.3, 0.4) is 0 Å². The van der Waals surface area contributed by atoms with Crippen LogP contribution in [0.5, 0.6) is 0 Å². The molecule has 0 aromatic carbocycles. The first-order valence-corrected chi connectivity index (χ1v) is 7.07. The van der Waals surface area contributed by atoms with Gasteiger partial charge in [0.1, 0.15) is 0 Å². The molecule has 0 aromatic rings. The fourth-order valence-corrected chi connectivity index (χ4v) is 1.58. The van der Waals surface area contributed by atoms with Crippen molar-refractivity contribution in [2.24, 2.45) is 0 Å². The van der Waals surface area contributed by atoms with E-state index in [-0.39, 0.29) is 29.5 Å². The topological polar surface area (TPSA) is 80.3 Å². The molecule has 20 heavy (non-hydrogen) atoms. The van der Waals surface area contributed by atoms with Gasteiger partial charge < -0.3 is 19.8 Å². The summed E-state index contributed by atoms with van der Waals surface area (Å²) in [6, 6.07) is 0. The fraction of sp³-hybridized carbons (Fsp3) is 0.733. The number of hydrogen-bond donors (Lipinski definition) is 0. The third-order valence-corrected chi connectivity index (χ3v) is 2.65. The Morgan fingerprint density at radius 1 is 0.900 bits per heavy atom. The zero-order valence-corrected chi connectivity index (χ0v) is 14.1. The van der Waals surface area contributed by atoms with Crippen LogP contribution in [0.15, 0.2) is 12.7 Å². The molecule has 4 nitrogen and oxygen atoms in total. The summed E-state index contributed by atoms with van der Waals surface area (Å²) in [6.45, 7) is 5.12. The Bertz CT molecular complexity index is 242. The summed E-state index contributed by atoms with van der Waals surface area (Å²) in [5.41, 5.74) is 0. The molecule has 5 heteroatoms. The normalized spacial score (nSPS) is 8.85. The predicted octanol–water partition coefficient (Wildman–Crippen LogP) is 1.20. The predicted molar refractivity (Wildman–Crippen MR) is 77.8 cm³/mol. The molecule has 0 saturated heterocycles. The van der Waals surface area contributed by atoms with Crippen molar-refractivity contribution >= 4 is 35.0 Å². The zero-order chi connectivity index (χ0) is 14.9. The van der Waals surface area contributed by atoms with E-state index in [0.29, 0.717) is 0 Å². The van der Waals surface area contributed by atoms with Crippen LogP contribution in [-0.4, -0.2) is 35.0 Å². The molecule has 0 fully saturated rings. The van der Waals surface area contributed by atoms with E-state index in [4.69, 9.17) is 9.90 Å². The van der Waals surface area contributed by atoms with Gasteiger partial charge in [-0.25, -0.2) is 0 Å². The van der Waals surface area contributed by atoms with E-state index < -0.39 is 11.9 Å². The standard InChI is InChI=1S/C12H24O2.C3H4O2.Mg/c1-2-3-4-5-6-7-8-9-10-11-12(13)14;1-2-3(4)5;/h2-11H2,1H3,(H,13,14);2H,1H2,(H,4,5);/q;;+2/p-2. The van der Waals surface area contributed by atoms with Gasteiger partial charge in [0.15, 0.2) is 0 Å². The molecule has 0 aliphatic heterocycles. The summed E-state index contributed by atoms with van der Waals surface area (Å²) < 4.78 is 0. The van der Waals surface area contributed by atoms with Crippen molar-refractivity contribution in [3.8, 4) is 0 Å². The van der Waals surface area contributed by atoms with E-state index >= 15 is 0 Å². The summed E-state index contributed by atoms with van der Waals surface area (Å²) in [5.74, 6) is -2.14. The molecule has 0 saturated carbocycles. The molecule has 0 atom stereocenters. The maximum atomic E-state index is 10.1. The van der Waals surface area contributed by atoms with E-state index in [1.807, 2.05) is 0 Å². The maximum absolute atomic E-state index is 10.1. The van der Waals surface area contributed by atoms with Gasteiger partial charge in [-0.2, -0.15) is 0 Å². The first kappa shape index (κ1) is 24.5. The van der Waals surface area contributed by atoms with Crippen molar-refractivity contribution in [1.29, 1.82) is 0 Å². The van der Waals surface area contributed by atoms with Crippen molar-refractivity contribution in [2.45, 2.75) is 71.1 Å². The van der Waals surface area contributed by atoms with Crippen LogP contribution in [0.25, 0.3) is 0 Å². The number of hydrogen-bond acceptors (Lipinski definition) is 4. The minimum absolute atomic E-state index is 0. The number of carbonyl (C=O) groups is 2. The number of unbranched alkanes of at least 4 members (excludes halogenated alkanes) is 8. The molecule has 0 aliphatic rings. The van der Waals surface area contributed by atoms with Crippen molar-refractivity contribution in [3.63, 3.8) is 0 Å². The van der Waals surface area contributed by atoms with Gasteiger partial charge in [0, 0.05) is 5.97 Å². The van der Waals surface area contributed by atoms with Crippen LogP contribution < -0.4 is 10.2 Å². The molecule has 0 unspecified atom stereocenters. The molecule has 0 amide bonds. The molecule has 0 bridgehead atoms. The summed E-state index contributed by atoms with van der Waals surface area (Å²) in [7, 11) is 0. The van der Waals surface area contributed by atoms with Crippen LogP contribution in [0.2, 0.25) is 0 Å². The molecular formula is C15H26MgO4. The van der Waals surface area contributed by atoms with Crippen LogP contribution in [0.1, 0.15) is 71.1 Å². The Balaban J connectivity index is -0.000000414. The first-order valence-electron chi connectivity index (χ1n) is 7.07. The maximum Gasteiger partial charge on any atom is 2.00 e. The van der Waals surface area contributed by atoms with Crippen molar-refractivity contribution in [3.05, 3.63) is 12.7 Å². The van der Waals surface area contributed by atoms with E-state index in [0.717, 1.165) is 18.9 Å². The summed E-state index contributed by atoms with van der Waals surface area (Å²) in [5, 5.41) is 19.2. The Labute approximate surface area is 138 Å². The molecular weight excluding hydrogens is 268 g/mol. The summed E-state index contributed by atoms with van der Waals surface area (Å²) in [4.78, 5) is 19.2. The Hall–Kier alpha value is -0.554. The Morgan fingerprint density at radius 3 is 1.55 bits per heavy atom. The van der Waals surface area contributed by atoms with Gasteiger partial charge in [-0.15, -0.1) is 0 Å². The molecule has 0 radical (unpaired) electrons. The van der Waals surface area contributed by atoms with Gasteiger partial charge in [0.05, 0.1) is 5.97 Å². The molecule has 0 N–H and O–H groups in total. The fourth-order valence-electron chi connectivity index (χ4n) is 1.58. The zero-order valence-electron chi connectivity index (χ0n) is 12.7. The first-order chi connectivity index (χ1) is 9.04. The molecule has 0 aliphatic carbocycles. The second kappa shape index (κ2) is 20.8. The SMILES string of the molecule is C=CC(=O)[O-].CCCCCCCCCCCC(=O)[O-].[Mg+2]. The number of rotatable bonds is 11. The molecule has 0 aromatic heterocycles. The van der Waals surface area contributed by atoms with Crippen LogP contribution in [0, 0.1) is 0 Å². The molecule has 0 spiro atoms. The molecule has 0 heterocycles. The summed E-state index contributed by atoms with van der Waals surface area (Å²) >= 11 is 0. The minimum atomic E-state index is -1.23. The average molecular weight is 295 g/mol. The van der Waals surface area contributed by atoms with E-state index in [1.54, 1.807) is 0 Å². The van der Waals surface area contributed by atoms with E-state index in [2.05, 4.69) is 13.5 Å². The van der Waals surface area contributed by atoms with Gasteiger partial charge in [0.25, 0.3) is 0 Å². The van der Waals surface area contributed by atoms with E-state index in [9.17, 15) is 9.90 Å². The Morgan fingerprint density at radius 2 is 1.25 bits per heavy atom. The van der Waals surface area contributed by atoms with Crippen LogP contribution >= 0.6 is 0 Å². The third kappa shape index (κ3) is 30.5.